The summed E-state index contributed by atoms with van der Waals surface area (Å²) in [5.41, 5.74) is 3.01. The molecule has 13 heteroatoms. The minimum atomic E-state index is -0.905. The summed E-state index contributed by atoms with van der Waals surface area (Å²) in [7, 11) is 0. The summed E-state index contributed by atoms with van der Waals surface area (Å²) in [6.07, 6.45) is 5.35. The molecule has 8 heterocycles. The number of aromatic nitrogens is 5. The van der Waals surface area contributed by atoms with Crippen LogP contribution in [-0.2, 0) is 15.9 Å². The Morgan fingerprint density at radius 1 is 1.17 bits per heavy atom. The molecule has 9 rings (SSSR count). The van der Waals surface area contributed by atoms with Crippen molar-refractivity contribution in [2.45, 2.75) is 70.2 Å². The third-order valence-corrected chi connectivity index (χ3v) is 10.2. The molecule has 3 fully saturated rings. The highest BCUT2D eigenvalue weighted by atomic mass is 19.1. The molecule has 4 atom stereocenters. The number of piperidine rings is 1. The van der Waals surface area contributed by atoms with Crippen molar-refractivity contribution in [1.82, 2.24) is 30.0 Å². The molecule has 0 radical (unpaired) electrons. The molecule has 4 aromatic rings. The highest BCUT2D eigenvalue weighted by molar-refractivity contribution is 5.99. The number of carbonyl (C=O) groups is 1. The lowest BCUT2D eigenvalue weighted by molar-refractivity contribution is 0.0125. The molecule has 1 aromatic carbocycles. The summed E-state index contributed by atoms with van der Waals surface area (Å²) in [4.78, 5) is 31.1. The maximum atomic E-state index is 17.0. The van der Waals surface area contributed by atoms with Gasteiger partial charge in [-0.2, -0.15) is 15.1 Å². The van der Waals surface area contributed by atoms with Gasteiger partial charge >= 0.3 is 12.2 Å². The molecule has 0 amide bonds. The molecule has 0 spiro atoms. The summed E-state index contributed by atoms with van der Waals surface area (Å²) in [5, 5.41) is 8.41. The maximum absolute atomic E-state index is 17.0. The minimum absolute atomic E-state index is 0.0252. The molecule has 11 nitrogen and oxygen atoms in total. The molecule has 242 valence electrons. The van der Waals surface area contributed by atoms with Crippen molar-refractivity contribution >= 4 is 33.8 Å². The number of anilines is 1. The fraction of sp³-hybridized carbons (Fsp3) is 0.545. The van der Waals surface area contributed by atoms with Gasteiger partial charge in [0, 0.05) is 36.7 Å². The highest BCUT2D eigenvalue weighted by Crippen LogP contribution is 2.42. The molecular weight excluding hydrogens is 596 g/mol. The van der Waals surface area contributed by atoms with Crippen LogP contribution < -0.4 is 9.64 Å². The zero-order valence-electron chi connectivity index (χ0n) is 26.0. The lowest BCUT2D eigenvalue weighted by Gasteiger charge is -2.34. The van der Waals surface area contributed by atoms with Gasteiger partial charge in [0.15, 0.2) is 5.82 Å². The van der Waals surface area contributed by atoms with E-state index in [2.05, 4.69) is 20.1 Å². The van der Waals surface area contributed by atoms with Crippen LogP contribution in [0.15, 0.2) is 18.5 Å². The van der Waals surface area contributed by atoms with Crippen LogP contribution in [-0.4, -0.2) is 93.4 Å². The predicted molar refractivity (Wildman–Crippen MR) is 166 cm³/mol. The van der Waals surface area contributed by atoms with E-state index < -0.39 is 29.8 Å². The van der Waals surface area contributed by atoms with E-state index in [1.54, 1.807) is 12.4 Å². The Morgan fingerprint density at radius 2 is 2.07 bits per heavy atom. The molecule has 5 aliphatic rings. The molecule has 0 aliphatic carbocycles. The van der Waals surface area contributed by atoms with Gasteiger partial charge in [0.2, 0.25) is 0 Å². The van der Waals surface area contributed by atoms with Crippen molar-refractivity contribution in [3.63, 3.8) is 0 Å². The third-order valence-electron chi connectivity index (χ3n) is 10.2. The lowest BCUT2D eigenvalue weighted by Crippen LogP contribution is -2.43. The molecule has 5 aliphatic heterocycles. The molecule has 3 saturated heterocycles. The van der Waals surface area contributed by atoms with E-state index in [1.165, 1.54) is 0 Å². The Bertz CT molecular complexity index is 1840. The number of hydrogen-bond acceptors (Lipinski definition) is 10. The van der Waals surface area contributed by atoms with Gasteiger partial charge in [0.05, 0.1) is 35.8 Å². The summed E-state index contributed by atoms with van der Waals surface area (Å²) in [6, 6.07) is 2.01. The van der Waals surface area contributed by atoms with E-state index in [0.717, 1.165) is 47.8 Å². The van der Waals surface area contributed by atoms with Crippen molar-refractivity contribution in [3.8, 4) is 17.3 Å². The predicted octanol–water partition coefficient (Wildman–Crippen LogP) is 5.29. The average Bonchev–Trinajstić information content (AvgIpc) is 3.73. The van der Waals surface area contributed by atoms with Gasteiger partial charge in [0.1, 0.15) is 35.9 Å². The number of alkyl halides is 1. The van der Waals surface area contributed by atoms with Crippen LogP contribution in [0.2, 0.25) is 0 Å². The standard InChI is InChI=1S/C33H37F2N7O4/c1-18-9-22-19(2)10-25-23(13-37-40-25)26(22)29-27(35)28-24(12-36-29)30(41-7-3-5-21(15-41)46-32(43)44-16-18)39-31(38-28)45-17-33-6-4-8-42(33)14-20(34)11-33/h10,12-13,18,20-21H,3-9,11,14-17H2,1-2H3,(H,37,40)/t18?,20-,21-,33+/m1/s1. The first kappa shape index (κ1) is 29.3. The SMILES string of the molecule is Cc1cc2[nH]ncc2c2c1CC(C)COC(=O)O[C@@H]1CCCN(C1)c1nc(OC[C@@]34CCCN3C[C@H](F)C4)nc3c(F)c-2ncc13. The second-order valence-corrected chi connectivity index (χ2v) is 13.5. The summed E-state index contributed by atoms with van der Waals surface area (Å²) in [5.74, 6) is -0.216. The average molecular weight is 634 g/mol. The number of pyridine rings is 1. The third kappa shape index (κ3) is 4.99. The first-order valence-electron chi connectivity index (χ1n) is 16.2. The number of carbonyl (C=O) groups excluding carboxylic acids is 1. The van der Waals surface area contributed by atoms with Crippen LogP contribution in [0.3, 0.4) is 0 Å². The van der Waals surface area contributed by atoms with E-state index in [9.17, 15) is 9.18 Å². The smallest absolute Gasteiger partial charge is 0.461 e. The van der Waals surface area contributed by atoms with Gasteiger partial charge < -0.3 is 19.1 Å². The van der Waals surface area contributed by atoms with Crippen molar-refractivity contribution in [2.24, 2.45) is 5.92 Å². The van der Waals surface area contributed by atoms with E-state index in [-0.39, 0.29) is 36.4 Å². The quantitative estimate of drug-likeness (QED) is 0.299. The number of benzene rings is 1. The largest absolute Gasteiger partial charge is 0.508 e. The van der Waals surface area contributed by atoms with Crippen molar-refractivity contribution in [2.75, 3.05) is 44.3 Å². The number of rotatable bonds is 3. The molecule has 6 bridgehead atoms. The van der Waals surface area contributed by atoms with E-state index in [0.29, 0.717) is 55.7 Å². The number of halogens is 2. The first-order chi connectivity index (χ1) is 22.3. The Morgan fingerprint density at radius 3 is 2.96 bits per heavy atom. The summed E-state index contributed by atoms with van der Waals surface area (Å²) >= 11 is 0. The monoisotopic (exact) mass is 633 g/mol. The van der Waals surface area contributed by atoms with Gasteiger partial charge in [-0.05, 0) is 68.7 Å². The highest BCUT2D eigenvalue weighted by Gasteiger charge is 2.49. The van der Waals surface area contributed by atoms with Crippen molar-refractivity contribution in [1.29, 1.82) is 0 Å². The number of nitrogens with zero attached hydrogens (tertiary/aromatic N) is 6. The zero-order valence-corrected chi connectivity index (χ0v) is 26.0. The van der Waals surface area contributed by atoms with E-state index >= 15 is 4.39 Å². The number of hydrogen-bond donors (Lipinski definition) is 1. The summed E-state index contributed by atoms with van der Waals surface area (Å²) in [6.45, 7) is 6.49. The summed E-state index contributed by atoms with van der Waals surface area (Å²) < 4.78 is 49.1. The van der Waals surface area contributed by atoms with E-state index in [1.807, 2.05) is 24.8 Å². The van der Waals surface area contributed by atoms with Gasteiger partial charge in [-0.1, -0.05) is 6.92 Å². The van der Waals surface area contributed by atoms with Gasteiger partial charge in [-0.15, -0.1) is 0 Å². The van der Waals surface area contributed by atoms with E-state index in [4.69, 9.17) is 24.2 Å². The van der Waals surface area contributed by atoms with Crippen LogP contribution in [0.4, 0.5) is 19.4 Å². The number of nitrogens with one attached hydrogen (secondary N) is 1. The number of fused-ring (bicyclic) bond motifs is 8. The first-order valence-corrected chi connectivity index (χ1v) is 16.2. The second-order valence-electron chi connectivity index (χ2n) is 13.5. The van der Waals surface area contributed by atoms with Crippen LogP contribution >= 0.6 is 0 Å². The zero-order chi connectivity index (χ0) is 31.6. The topological polar surface area (TPSA) is 119 Å². The number of ether oxygens (including phenoxy) is 3. The Labute approximate surface area is 264 Å². The maximum Gasteiger partial charge on any atom is 0.508 e. The van der Waals surface area contributed by atoms with Crippen molar-refractivity contribution < 1.29 is 27.8 Å². The van der Waals surface area contributed by atoms with Crippen LogP contribution in [0.25, 0.3) is 33.1 Å². The van der Waals surface area contributed by atoms with Crippen LogP contribution in [0.1, 0.15) is 50.2 Å². The van der Waals surface area contributed by atoms with Crippen LogP contribution in [0.5, 0.6) is 6.01 Å². The second kappa shape index (κ2) is 11.3. The molecule has 1 unspecified atom stereocenters. The number of aromatic amines is 1. The van der Waals surface area contributed by atoms with Gasteiger partial charge in [0.25, 0.3) is 0 Å². The molecule has 46 heavy (non-hydrogen) atoms. The molecule has 3 aromatic heterocycles. The Hall–Kier alpha value is -4.13. The fourth-order valence-corrected chi connectivity index (χ4v) is 7.97. The Balaban J connectivity index is 1.30. The minimum Gasteiger partial charge on any atom is -0.461 e. The fourth-order valence-electron chi connectivity index (χ4n) is 7.97. The molecular formula is C33H37F2N7O4. The van der Waals surface area contributed by atoms with Gasteiger partial charge in [-0.3, -0.25) is 15.0 Å². The lowest BCUT2D eigenvalue weighted by atomic mass is 9.89. The molecule has 1 N–H and O–H groups in total. The Kier molecular flexibility index (Phi) is 7.18. The normalized spacial score (nSPS) is 26.8. The molecule has 0 saturated carbocycles. The van der Waals surface area contributed by atoms with Crippen LogP contribution in [0, 0.1) is 18.7 Å². The van der Waals surface area contributed by atoms with Crippen molar-refractivity contribution in [3.05, 3.63) is 35.4 Å². The number of H-pyrrole nitrogens is 1. The van der Waals surface area contributed by atoms with Gasteiger partial charge in [-0.25, -0.2) is 13.6 Å². The number of aryl methyl sites for hydroxylation is 1.